The molecule has 5 aromatic carbocycles. The zero-order valence-electron chi connectivity index (χ0n) is 25.9. The topological polar surface area (TPSA) is 81.0 Å². The average molecular weight is 902 g/mol. The second-order valence-corrected chi connectivity index (χ2v) is 12.9. The van der Waals surface area contributed by atoms with Crippen molar-refractivity contribution in [2.24, 2.45) is 0 Å². The molecule has 0 saturated heterocycles. The standard InChI is InChI=1S/C17H11BrFNO.C12H8FI.C8H9BBrO4/c18-12-6-9-16(21)14(10-12)13-7-8-15(20-17(13)19)11-4-2-1-3-5-11;13-11-8-10(6-7-12(11)14)9-4-2-1-3-5-9;1-12-5-13-7-3-2-6(10)4-8(7)14-9-11/h1-10,21H;1-8H;2-4,11H,5H2,1H3. The summed E-state index contributed by atoms with van der Waals surface area (Å²) in [6.45, 7) is 0.128. The van der Waals surface area contributed by atoms with E-state index in [-0.39, 0.29) is 23.9 Å². The number of pyridine rings is 1. The number of rotatable bonds is 8. The number of nitrogens with zero attached hydrogens (tertiary/aromatic N) is 1. The van der Waals surface area contributed by atoms with Crippen LogP contribution < -0.4 is 9.39 Å². The first-order valence-electron chi connectivity index (χ1n) is 14.4. The molecule has 0 atom stereocenters. The molecule has 6 nitrogen and oxygen atoms in total. The first-order chi connectivity index (χ1) is 23.7. The number of benzene rings is 5. The van der Waals surface area contributed by atoms with Crippen LogP contribution in [0.15, 0.2) is 136 Å². The molecule has 1 aromatic heterocycles. The van der Waals surface area contributed by atoms with Gasteiger partial charge in [-0.05, 0) is 94.4 Å². The predicted octanol–water partition coefficient (Wildman–Crippen LogP) is 10.5. The monoisotopic (exact) mass is 900 g/mol. The lowest BCUT2D eigenvalue weighted by atomic mass is 10.0. The van der Waals surface area contributed by atoms with Crippen molar-refractivity contribution in [1.82, 2.24) is 4.98 Å². The Bertz CT molecular complexity index is 1960. The molecule has 6 rings (SSSR count). The molecule has 49 heavy (non-hydrogen) atoms. The van der Waals surface area contributed by atoms with Crippen LogP contribution in [0.25, 0.3) is 33.5 Å². The number of hydrogen-bond acceptors (Lipinski definition) is 6. The fourth-order valence-electron chi connectivity index (χ4n) is 4.31. The van der Waals surface area contributed by atoms with Gasteiger partial charge in [-0.15, -0.1) is 0 Å². The number of phenolic OH excluding ortho intramolecular Hbond substituents is 1. The van der Waals surface area contributed by atoms with Crippen LogP contribution in [-0.2, 0) is 4.74 Å². The smallest absolute Gasteiger partial charge is 0.535 e. The van der Waals surface area contributed by atoms with Crippen molar-refractivity contribution in [3.05, 3.63) is 152 Å². The van der Waals surface area contributed by atoms with Crippen molar-refractivity contribution >= 4 is 62.1 Å². The molecule has 0 aliphatic carbocycles. The fraction of sp³-hybridized carbons (Fsp3) is 0.0541. The summed E-state index contributed by atoms with van der Waals surface area (Å²) in [6, 6.07) is 37.9. The minimum Gasteiger partial charge on any atom is -0.535 e. The van der Waals surface area contributed by atoms with E-state index in [0.29, 0.717) is 34.0 Å². The number of ether oxygens (including phenoxy) is 2. The van der Waals surface area contributed by atoms with Gasteiger partial charge in [0.25, 0.3) is 0 Å². The number of aromatic hydroxyl groups is 1. The molecule has 6 aromatic rings. The molecule has 1 heterocycles. The SMILES string of the molecule is COCOc1ccc(Br)cc1O[B]O.Fc1cc(-c2ccccc2)ccc1I.Oc1ccc(Br)cc1-c1ccc(-c2ccccc2)nc1F. The summed E-state index contributed by atoms with van der Waals surface area (Å²) in [5.74, 6) is 0.169. The summed E-state index contributed by atoms with van der Waals surface area (Å²) >= 11 is 8.57. The zero-order chi connectivity index (χ0) is 35.2. The molecule has 0 spiro atoms. The minimum atomic E-state index is -0.607. The first kappa shape index (κ1) is 38.0. The third-order valence-electron chi connectivity index (χ3n) is 6.61. The Morgan fingerprint density at radius 1 is 0.714 bits per heavy atom. The number of halogens is 5. The summed E-state index contributed by atoms with van der Waals surface area (Å²) in [5, 5.41) is 18.4. The molecule has 1 radical (unpaired) electrons. The van der Waals surface area contributed by atoms with E-state index in [9.17, 15) is 13.9 Å². The lowest BCUT2D eigenvalue weighted by Gasteiger charge is -2.10. The van der Waals surface area contributed by atoms with Gasteiger partial charge in [0.15, 0.2) is 12.5 Å². The summed E-state index contributed by atoms with van der Waals surface area (Å²) in [6.07, 6.45) is 0. The van der Waals surface area contributed by atoms with E-state index in [1.807, 2.05) is 89.3 Å². The molecule has 0 amide bonds. The summed E-state index contributed by atoms with van der Waals surface area (Å²) in [7, 11) is 2.12. The quantitative estimate of drug-likeness (QED) is 0.0686. The van der Waals surface area contributed by atoms with Gasteiger partial charge in [0.2, 0.25) is 5.95 Å². The molecule has 0 fully saturated rings. The summed E-state index contributed by atoms with van der Waals surface area (Å²) in [5.41, 5.74) is 4.06. The van der Waals surface area contributed by atoms with Gasteiger partial charge in [-0.3, -0.25) is 0 Å². The number of methoxy groups -OCH3 is 1. The van der Waals surface area contributed by atoms with E-state index in [4.69, 9.17) is 19.2 Å². The molecule has 12 heteroatoms. The number of hydrogen-bond donors (Lipinski definition) is 2. The van der Waals surface area contributed by atoms with Crippen LogP contribution in [0.5, 0.6) is 17.2 Å². The highest BCUT2D eigenvalue weighted by atomic mass is 127. The minimum absolute atomic E-state index is 0.0198. The van der Waals surface area contributed by atoms with Crippen molar-refractivity contribution in [3.63, 3.8) is 0 Å². The van der Waals surface area contributed by atoms with Gasteiger partial charge in [-0.1, -0.05) is 98.6 Å². The third kappa shape index (κ3) is 11.4. The van der Waals surface area contributed by atoms with Crippen molar-refractivity contribution in [2.45, 2.75) is 0 Å². The van der Waals surface area contributed by atoms with Crippen molar-refractivity contribution in [3.8, 4) is 50.8 Å². The summed E-state index contributed by atoms with van der Waals surface area (Å²) < 4.78 is 44.6. The van der Waals surface area contributed by atoms with Gasteiger partial charge in [0.05, 0.1) is 5.69 Å². The van der Waals surface area contributed by atoms with Crippen LogP contribution in [-0.4, -0.2) is 36.7 Å². The Balaban J connectivity index is 0.000000172. The van der Waals surface area contributed by atoms with Crippen molar-refractivity contribution in [2.75, 3.05) is 13.9 Å². The van der Waals surface area contributed by atoms with Crippen LogP contribution in [0.3, 0.4) is 0 Å². The number of aromatic nitrogens is 1. The third-order valence-corrected chi connectivity index (χ3v) is 8.47. The molecule has 0 aliphatic rings. The largest absolute Gasteiger partial charge is 0.569 e. The van der Waals surface area contributed by atoms with Crippen LogP contribution in [0.1, 0.15) is 0 Å². The Morgan fingerprint density at radius 3 is 2.00 bits per heavy atom. The van der Waals surface area contributed by atoms with Gasteiger partial charge in [-0.2, -0.15) is 4.39 Å². The van der Waals surface area contributed by atoms with E-state index < -0.39 is 5.95 Å². The Kier molecular flexibility index (Phi) is 15.0. The first-order valence-corrected chi connectivity index (χ1v) is 17.1. The van der Waals surface area contributed by atoms with Gasteiger partial charge < -0.3 is 24.3 Å². The fourth-order valence-corrected chi connectivity index (χ4v) is 5.34. The molecule has 0 aliphatic heterocycles. The highest BCUT2D eigenvalue weighted by Gasteiger charge is 2.13. The molecule has 0 unspecified atom stereocenters. The average Bonchev–Trinajstić information content (AvgIpc) is 3.12. The van der Waals surface area contributed by atoms with Crippen LogP contribution >= 0.6 is 54.5 Å². The van der Waals surface area contributed by atoms with Crippen molar-refractivity contribution in [1.29, 1.82) is 0 Å². The number of phenols is 1. The highest BCUT2D eigenvalue weighted by Crippen LogP contribution is 2.34. The molecular weight excluding hydrogens is 874 g/mol. The normalized spacial score (nSPS) is 10.2. The van der Waals surface area contributed by atoms with E-state index in [0.717, 1.165) is 25.6 Å². The Labute approximate surface area is 314 Å². The van der Waals surface area contributed by atoms with Gasteiger partial charge in [0.1, 0.15) is 17.3 Å². The molecule has 249 valence electrons. The summed E-state index contributed by atoms with van der Waals surface area (Å²) in [4.78, 5) is 4.00. The Morgan fingerprint density at radius 2 is 1.37 bits per heavy atom. The van der Waals surface area contributed by atoms with Crippen molar-refractivity contribution < 1.29 is 33.0 Å². The van der Waals surface area contributed by atoms with Gasteiger partial charge in [0, 0.05) is 36.3 Å². The predicted molar refractivity (Wildman–Crippen MR) is 204 cm³/mol. The van der Waals surface area contributed by atoms with E-state index >= 15 is 0 Å². The highest BCUT2D eigenvalue weighted by molar-refractivity contribution is 14.1. The van der Waals surface area contributed by atoms with E-state index in [2.05, 4.69) is 36.8 Å². The van der Waals surface area contributed by atoms with Crippen LogP contribution in [0.2, 0.25) is 0 Å². The van der Waals surface area contributed by atoms with E-state index in [1.54, 1.807) is 54.6 Å². The van der Waals surface area contributed by atoms with Crippen LogP contribution in [0.4, 0.5) is 8.78 Å². The van der Waals surface area contributed by atoms with Gasteiger partial charge >= 0.3 is 7.69 Å². The molecular formula is C37H28BBr2F2INO5. The maximum absolute atomic E-state index is 14.3. The van der Waals surface area contributed by atoms with Gasteiger partial charge in [-0.25, -0.2) is 9.37 Å². The lowest BCUT2D eigenvalue weighted by molar-refractivity contribution is 0.0497. The second-order valence-electron chi connectivity index (χ2n) is 9.92. The maximum atomic E-state index is 14.3. The molecule has 0 bridgehead atoms. The second kappa shape index (κ2) is 19.4. The lowest BCUT2D eigenvalue weighted by Crippen LogP contribution is -2.04. The Hall–Kier alpha value is -3.82. The van der Waals surface area contributed by atoms with Crippen LogP contribution in [0, 0.1) is 15.3 Å². The zero-order valence-corrected chi connectivity index (χ0v) is 31.2. The molecule has 2 N–H and O–H groups in total. The van der Waals surface area contributed by atoms with E-state index in [1.165, 1.54) is 13.2 Å². The maximum Gasteiger partial charge on any atom is 0.569 e. The molecule has 0 saturated carbocycles.